The summed E-state index contributed by atoms with van der Waals surface area (Å²) in [6, 6.07) is 10.1. The maximum atomic E-state index is 9.35. The van der Waals surface area contributed by atoms with Crippen LogP contribution in [0.5, 0.6) is 0 Å². The molecule has 0 radical (unpaired) electrons. The molecule has 0 aliphatic carbocycles. The number of nitrogens with zero attached hydrogens (tertiary/aromatic N) is 1. The van der Waals surface area contributed by atoms with Crippen molar-refractivity contribution in [3.05, 3.63) is 53.0 Å². The van der Waals surface area contributed by atoms with Gasteiger partial charge in [-0.25, -0.2) is 4.98 Å². The third-order valence-electron chi connectivity index (χ3n) is 2.35. The largest absolute Gasteiger partial charge is 0.507 e. The zero-order valence-electron chi connectivity index (χ0n) is 9.60. The Morgan fingerprint density at radius 3 is 2.71 bits per heavy atom. The topological polar surface area (TPSA) is 45.1 Å². The SMILES string of the molecule is C=C(O)c1sc(NCc2ccccc2)nc1C. The van der Waals surface area contributed by atoms with E-state index in [2.05, 4.69) is 29.0 Å². The Morgan fingerprint density at radius 1 is 1.41 bits per heavy atom. The van der Waals surface area contributed by atoms with Crippen LogP contribution in [0, 0.1) is 6.92 Å². The van der Waals surface area contributed by atoms with Gasteiger partial charge in [-0.05, 0) is 12.5 Å². The molecule has 88 valence electrons. The minimum absolute atomic E-state index is 0.0766. The van der Waals surface area contributed by atoms with E-state index >= 15 is 0 Å². The molecular formula is C13H14N2OS. The second kappa shape index (κ2) is 5.01. The second-order valence-corrected chi connectivity index (χ2v) is 4.72. The van der Waals surface area contributed by atoms with Crippen molar-refractivity contribution in [2.24, 2.45) is 0 Å². The molecule has 1 aromatic heterocycles. The monoisotopic (exact) mass is 246 g/mol. The first-order valence-corrected chi connectivity index (χ1v) is 6.12. The molecule has 0 saturated carbocycles. The molecule has 3 nitrogen and oxygen atoms in total. The summed E-state index contributed by atoms with van der Waals surface area (Å²) in [5.74, 6) is 0.0766. The van der Waals surface area contributed by atoms with E-state index in [1.807, 2.05) is 25.1 Å². The number of hydrogen-bond donors (Lipinski definition) is 2. The van der Waals surface area contributed by atoms with Crippen LogP contribution in [0.2, 0.25) is 0 Å². The van der Waals surface area contributed by atoms with Crippen LogP contribution in [-0.4, -0.2) is 10.1 Å². The first-order valence-electron chi connectivity index (χ1n) is 5.30. The van der Waals surface area contributed by atoms with Gasteiger partial charge in [-0.3, -0.25) is 0 Å². The number of aliphatic hydroxyl groups is 1. The lowest BCUT2D eigenvalue weighted by Crippen LogP contribution is -1.98. The van der Waals surface area contributed by atoms with E-state index in [0.717, 1.165) is 22.2 Å². The van der Waals surface area contributed by atoms with E-state index in [0.29, 0.717) is 0 Å². The number of aliphatic hydroxyl groups excluding tert-OH is 1. The molecule has 2 N–H and O–H groups in total. The third kappa shape index (κ3) is 2.85. The number of aryl methyl sites for hydroxylation is 1. The normalized spacial score (nSPS) is 10.2. The van der Waals surface area contributed by atoms with Gasteiger partial charge in [0.25, 0.3) is 0 Å². The van der Waals surface area contributed by atoms with Crippen LogP contribution in [0.15, 0.2) is 36.9 Å². The lowest BCUT2D eigenvalue weighted by molar-refractivity contribution is 0.515. The number of benzene rings is 1. The Kier molecular flexibility index (Phi) is 3.44. The summed E-state index contributed by atoms with van der Waals surface area (Å²) in [7, 11) is 0. The molecule has 2 aromatic rings. The first-order chi connectivity index (χ1) is 8.16. The van der Waals surface area contributed by atoms with Crippen molar-refractivity contribution in [3.8, 4) is 0 Å². The molecule has 17 heavy (non-hydrogen) atoms. The Hall–Kier alpha value is -1.81. The maximum Gasteiger partial charge on any atom is 0.183 e. The molecular weight excluding hydrogens is 232 g/mol. The molecule has 4 heteroatoms. The summed E-state index contributed by atoms with van der Waals surface area (Å²) in [4.78, 5) is 5.07. The number of anilines is 1. The van der Waals surface area contributed by atoms with Gasteiger partial charge in [0.05, 0.1) is 10.6 Å². The third-order valence-corrected chi connectivity index (χ3v) is 3.51. The van der Waals surface area contributed by atoms with Crippen molar-refractivity contribution in [2.45, 2.75) is 13.5 Å². The smallest absolute Gasteiger partial charge is 0.183 e. The van der Waals surface area contributed by atoms with E-state index in [-0.39, 0.29) is 5.76 Å². The standard InChI is InChI=1S/C13H14N2OS/c1-9-12(10(2)16)17-13(15-9)14-8-11-6-4-3-5-7-11/h3-7,16H,2,8H2,1H3,(H,14,15). The highest BCUT2D eigenvalue weighted by atomic mass is 32.1. The van der Waals surface area contributed by atoms with Crippen molar-refractivity contribution in [1.29, 1.82) is 0 Å². The van der Waals surface area contributed by atoms with Crippen LogP contribution in [0.4, 0.5) is 5.13 Å². The van der Waals surface area contributed by atoms with E-state index in [1.165, 1.54) is 16.9 Å². The van der Waals surface area contributed by atoms with Crippen LogP contribution in [0.1, 0.15) is 16.1 Å². The highest BCUT2D eigenvalue weighted by molar-refractivity contribution is 7.16. The summed E-state index contributed by atoms with van der Waals surface area (Å²) < 4.78 is 0. The number of rotatable bonds is 4. The van der Waals surface area contributed by atoms with Gasteiger partial charge in [0.2, 0.25) is 0 Å². The Balaban J connectivity index is 2.05. The molecule has 0 aliphatic rings. The number of thiazole rings is 1. The van der Waals surface area contributed by atoms with Crippen LogP contribution < -0.4 is 5.32 Å². The van der Waals surface area contributed by atoms with Crippen LogP contribution in [0.25, 0.3) is 5.76 Å². The van der Waals surface area contributed by atoms with Crippen molar-refractivity contribution in [1.82, 2.24) is 4.98 Å². The fraction of sp³-hybridized carbons (Fsp3) is 0.154. The molecule has 2 rings (SSSR count). The fourth-order valence-corrected chi connectivity index (χ4v) is 2.34. The molecule has 0 atom stereocenters. The van der Waals surface area contributed by atoms with Gasteiger partial charge < -0.3 is 10.4 Å². The minimum atomic E-state index is 0.0766. The van der Waals surface area contributed by atoms with Gasteiger partial charge >= 0.3 is 0 Å². The molecule has 0 amide bonds. The van der Waals surface area contributed by atoms with Crippen molar-refractivity contribution >= 4 is 22.2 Å². The number of aromatic nitrogens is 1. The molecule has 1 heterocycles. The lowest BCUT2D eigenvalue weighted by atomic mass is 10.2. The lowest BCUT2D eigenvalue weighted by Gasteiger charge is -2.01. The van der Waals surface area contributed by atoms with Crippen molar-refractivity contribution in [3.63, 3.8) is 0 Å². The molecule has 0 aliphatic heterocycles. The molecule has 0 saturated heterocycles. The van der Waals surface area contributed by atoms with Crippen molar-refractivity contribution in [2.75, 3.05) is 5.32 Å². The molecule has 0 unspecified atom stereocenters. The van der Waals surface area contributed by atoms with Gasteiger partial charge in [0, 0.05) is 6.54 Å². The summed E-state index contributed by atoms with van der Waals surface area (Å²) in [5.41, 5.74) is 2.00. The Labute approximate surface area is 104 Å². The van der Waals surface area contributed by atoms with Gasteiger partial charge in [-0.1, -0.05) is 48.2 Å². The first kappa shape index (κ1) is 11.7. The minimum Gasteiger partial charge on any atom is -0.507 e. The predicted octanol–water partition coefficient (Wildman–Crippen LogP) is 3.59. The highest BCUT2D eigenvalue weighted by Crippen LogP contribution is 2.27. The van der Waals surface area contributed by atoms with Crippen molar-refractivity contribution < 1.29 is 5.11 Å². The summed E-state index contributed by atoms with van der Waals surface area (Å²) in [6.07, 6.45) is 0. The number of nitrogens with one attached hydrogen (secondary N) is 1. The van der Waals surface area contributed by atoms with Crippen LogP contribution in [0.3, 0.4) is 0 Å². The van der Waals surface area contributed by atoms with Crippen LogP contribution in [-0.2, 0) is 6.54 Å². The molecule has 1 aromatic carbocycles. The van der Waals surface area contributed by atoms with Gasteiger partial charge in [0.1, 0.15) is 5.76 Å². The molecule has 0 fully saturated rings. The fourth-order valence-electron chi connectivity index (χ4n) is 1.51. The maximum absolute atomic E-state index is 9.35. The zero-order chi connectivity index (χ0) is 12.3. The molecule has 0 spiro atoms. The van der Waals surface area contributed by atoms with E-state index in [1.54, 1.807) is 0 Å². The van der Waals surface area contributed by atoms with E-state index in [9.17, 15) is 5.11 Å². The van der Waals surface area contributed by atoms with Gasteiger partial charge in [-0.2, -0.15) is 0 Å². The average Bonchev–Trinajstić information content (AvgIpc) is 2.69. The second-order valence-electron chi connectivity index (χ2n) is 3.72. The Bertz CT molecular complexity index is 519. The predicted molar refractivity (Wildman–Crippen MR) is 72.3 cm³/mol. The zero-order valence-corrected chi connectivity index (χ0v) is 10.4. The summed E-state index contributed by atoms with van der Waals surface area (Å²) in [6.45, 7) is 6.11. The van der Waals surface area contributed by atoms with Gasteiger partial charge in [-0.15, -0.1) is 0 Å². The highest BCUT2D eigenvalue weighted by Gasteiger charge is 2.09. The molecule has 0 bridgehead atoms. The van der Waals surface area contributed by atoms with Crippen LogP contribution >= 0.6 is 11.3 Å². The summed E-state index contributed by atoms with van der Waals surface area (Å²) >= 11 is 1.42. The summed E-state index contributed by atoms with van der Waals surface area (Å²) in [5, 5.41) is 13.4. The Morgan fingerprint density at radius 2 is 2.12 bits per heavy atom. The van der Waals surface area contributed by atoms with Gasteiger partial charge in [0.15, 0.2) is 5.13 Å². The van der Waals surface area contributed by atoms with E-state index in [4.69, 9.17) is 0 Å². The average molecular weight is 246 g/mol. The quantitative estimate of drug-likeness (QED) is 0.810. The van der Waals surface area contributed by atoms with E-state index < -0.39 is 0 Å². The number of hydrogen-bond acceptors (Lipinski definition) is 4.